The maximum atomic E-state index is 12.6. The average molecular weight is 404 g/mol. The molecule has 0 radical (unpaired) electrons. The highest BCUT2D eigenvalue weighted by atomic mass is 32.1. The Morgan fingerprint density at radius 3 is 2.69 bits per heavy atom. The maximum absolute atomic E-state index is 12.6. The molecule has 29 heavy (non-hydrogen) atoms. The van der Waals surface area contributed by atoms with E-state index in [0.717, 1.165) is 32.7 Å². The Bertz CT molecular complexity index is 1170. The number of rotatable bonds is 5. The minimum Gasteiger partial charge on any atom is -0.350 e. The molecule has 0 spiro atoms. The molecule has 3 heterocycles. The Morgan fingerprint density at radius 1 is 1.14 bits per heavy atom. The zero-order valence-electron chi connectivity index (χ0n) is 16.5. The normalized spacial score (nSPS) is 10.9. The molecule has 0 aliphatic heterocycles. The lowest BCUT2D eigenvalue weighted by atomic mass is 10.1. The molecule has 1 amide bonds. The number of aromatic nitrogens is 3. The van der Waals surface area contributed by atoms with Crippen LogP contribution in [0.25, 0.3) is 21.3 Å². The number of nitrogens with zero attached hydrogens (tertiary/aromatic N) is 4. The predicted molar refractivity (Wildman–Crippen MR) is 118 cm³/mol. The molecule has 0 unspecified atom stereocenters. The van der Waals surface area contributed by atoms with Crippen LogP contribution in [0.1, 0.15) is 11.4 Å². The molecule has 146 valence electrons. The van der Waals surface area contributed by atoms with E-state index in [9.17, 15) is 4.79 Å². The van der Waals surface area contributed by atoms with E-state index < -0.39 is 0 Å². The predicted octanol–water partition coefficient (Wildman–Crippen LogP) is 4.45. The van der Waals surface area contributed by atoms with E-state index in [1.165, 1.54) is 0 Å². The first-order chi connectivity index (χ1) is 14.0. The van der Waals surface area contributed by atoms with Gasteiger partial charge in [-0.1, -0.05) is 30.3 Å². The Morgan fingerprint density at radius 2 is 1.93 bits per heavy atom. The Hall–Kier alpha value is -3.32. The van der Waals surface area contributed by atoms with Crippen LogP contribution in [0.5, 0.6) is 0 Å². The zero-order chi connectivity index (χ0) is 20.4. The molecule has 1 N–H and O–H groups in total. The van der Waals surface area contributed by atoms with E-state index in [-0.39, 0.29) is 12.5 Å². The molecule has 0 aliphatic carbocycles. The molecule has 0 atom stereocenters. The minimum absolute atomic E-state index is 0.147. The number of fused-ring (bicyclic) bond motifs is 1. The largest absolute Gasteiger partial charge is 0.350 e. The van der Waals surface area contributed by atoms with Crippen LogP contribution < -0.4 is 10.2 Å². The summed E-state index contributed by atoms with van der Waals surface area (Å²) in [6, 6.07) is 13.9. The number of benzene rings is 1. The number of hydrogen-bond donors (Lipinski definition) is 1. The molecule has 0 aliphatic rings. The summed E-state index contributed by atoms with van der Waals surface area (Å²) in [4.78, 5) is 28.8. The lowest BCUT2D eigenvalue weighted by Crippen LogP contribution is -2.31. The van der Waals surface area contributed by atoms with Gasteiger partial charge in [-0.25, -0.2) is 15.0 Å². The molecule has 4 rings (SSSR count). The fraction of sp³-hybridized carbons (Fsp3) is 0.182. The van der Waals surface area contributed by atoms with Gasteiger partial charge in [-0.2, -0.15) is 0 Å². The summed E-state index contributed by atoms with van der Waals surface area (Å²) in [5, 5.41) is 5.92. The molecule has 6 nitrogen and oxygen atoms in total. The summed E-state index contributed by atoms with van der Waals surface area (Å²) >= 11 is 1.59. The number of anilines is 2. The van der Waals surface area contributed by atoms with Gasteiger partial charge in [0.2, 0.25) is 5.91 Å². The van der Waals surface area contributed by atoms with Gasteiger partial charge in [-0.05, 0) is 37.1 Å². The number of aryl methyl sites for hydroxylation is 2. The number of amides is 1. The van der Waals surface area contributed by atoms with Crippen LogP contribution in [-0.2, 0) is 4.79 Å². The molecule has 0 bridgehead atoms. The lowest BCUT2D eigenvalue weighted by molar-refractivity contribution is -0.114. The molecular weight excluding hydrogens is 382 g/mol. The topological polar surface area (TPSA) is 71.0 Å². The van der Waals surface area contributed by atoms with E-state index in [1.54, 1.807) is 17.5 Å². The molecule has 0 saturated heterocycles. The van der Waals surface area contributed by atoms with Crippen molar-refractivity contribution in [1.82, 2.24) is 15.0 Å². The van der Waals surface area contributed by atoms with Crippen molar-refractivity contribution >= 4 is 39.1 Å². The first kappa shape index (κ1) is 19.0. The summed E-state index contributed by atoms with van der Waals surface area (Å²) in [6.45, 7) is 3.99. The van der Waals surface area contributed by atoms with Crippen LogP contribution in [0.3, 0.4) is 0 Å². The summed E-state index contributed by atoms with van der Waals surface area (Å²) in [6.07, 6.45) is 1.68. The molecule has 0 fully saturated rings. The third-order valence-electron chi connectivity index (χ3n) is 4.54. The van der Waals surface area contributed by atoms with Crippen LogP contribution >= 0.6 is 11.3 Å². The Balaban J connectivity index is 1.65. The molecular formula is C22H21N5OS. The van der Waals surface area contributed by atoms with Crippen molar-refractivity contribution in [3.05, 3.63) is 65.4 Å². The van der Waals surface area contributed by atoms with Gasteiger partial charge in [0.1, 0.15) is 22.3 Å². The van der Waals surface area contributed by atoms with Crippen molar-refractivity contribution < 1.29 is 4.79 Å². The van der Waals surface area contributed by atoms with E-state index in [0.29, 0.717) is 11.6 Å². The fourth-order valence-corrected chi connectivity index (χ4v) is 4.20. The summed E-state index contributed by atoms with van der Waals surface area (Å²) in [5.41, 5.74) is 3.23. The standard InChI is InChI=1S/C22H21N5OS/c1-14-9-10-23-18(11-14)26-19(28)12-27(3)21-20-17(16-7-5-4-6-8-16)13-29-22(20)25-15(2)24-21/h4-11,13H,12H2,1-3H3,(H,23,26,28). The summed E-state index contributed by atoms with van der Waals surface area (Å²) in [5.74, 6) is 1.83. The number of thiophene rings is 1. The molecule has 7 heteroatoms. The van der Waals surface area contributed by atoms with Crippen molar-refractivity contribution in [2.24, 2.45) is 0 Å². The van der Waals surface area contributed by atoms with Crippen LogP contribution in [-0.4, -0.2) is 34.5 Å². The lowest BCUT2D eigenvalue weighted by Gasteiger charge is -2.19. The van der Waals surface area contributed by atoms with Crippen molar-refractivity contribution in [1.29, 1.82) is 0 Å². The highest BCUT2D eigenvalue weighted by Crippen LogP contribution is 2.37. The van der Waals surface area contributed by atoms with E-state index >= 15 is 0 Å². The van der Waals surface area contributed by atoms with Crippen LogP contribution in [0.4, 0.5) is 11.6 Å². The quantitative estimate of drug-likeness (QED) is 0.533. The first-order valence-corrected chi connectivity index (χ1v) is 10.1. The first-order valence-electron chi connectivity index (χ1n) is 9.26. The van der Waals surface area contributed by atoms with Crippen LogP contribution in [0, 0.1) is 13.8 Å². The molecule has 3 aromatic heterocycles. The van der Waals surface area contributed by atoms with Crippen molar-refractivity contribution in [3.63, 3.8) is 0 Å². The Labute approximate surface area is 173 Å². The number of hydrogen-bond acceptors (Lipinski definition) is 6. The van der Waals surface area contributed by atoms with Gasteiger partial charge in [0.15, 0.2) is 0 Å². The highest BCUT2D eigenvalue weighted by Gasteiger charge is 2.19. The Kier molecular flexibility index (Phi) is 5.22. The third-order valence-corrected chi connectivity index (χ3v) is 5.41. The number of likely N-dealkylation sites (N-methyl/N-ethyl adjacent to an activating group) is 1. The highest BCUT2D eigenvalue weighted by molar-refractivity contribution is 7.17. The number of carbonyl (C=O) groups is 1. The number of carbonyl (C=O) groups excluding carboxylic acids is 1. The third kappa shape index (κ3) is 4.09. The monoisotopic (exact) mass is 403 g/mol. The maximum Gasteiger partial charge on any atom is 0.245 e. The van der Waals surface area contributed by atoms with Gasteiger partial charge in [-0.15, -0.1) is 11.3 Å². The van der Waals surface area contributed by atoms with Gasteiger partial charge >= 0.3 is 0 Å². The van der Waals surface area contributed by atoms with Gasteiger partial charge in [0.25, 0.3) is 0 Å². The second kappa shape index (κ2) is 7.97. The van der Waals surface area contributed by atoms with Crippen LogP contribution in [0.2, 0.25) is 0 Å². The molecule has 0 saturated carbocycles. The van der Waals surface area contributed by atoms with E-state index in [1.807, 2.05) is 56.1 Å². The van der Waals surface area contributed by atoms with Crippen LogP contribution in [0.15, 0.2) is 54.0 Å². The second-order valence-corrected chi connectivity index (χ2v) is 7.77. The second-order valence-electron chi connectivity index (χ2n) is 6.91. The number of pyridine rings is 1. The van der Waals surface area contributed by atoms with Gasteiger partial charge in [-0.3, -0.25) is 4.79 Å². The van der Waals surface area contributed by atoms with Crippen molar-refractivity contribution in [2.45, 2.75) is 13.8 Å². The van der Waals surface area contributed by atoms with Gasteiger partial charge in [0, 0.05) is 24.2 Å². The summed E-state index contributed by atoms with van der Waals surface area (Å²) < 4.78 is 0. The zero-order valence-corrected chi connectivity index (χ0v) is 17.3. The van der Waals surface area contributed by atoms with Gasteiger partial charge in [0.05, 0.1) is 11.9 Å². The average Bonchev–Trinajstić information content (AvgIpc) is 3.11. The summed E-state index contributed by atoms with van der Waals surface area (Å²) in [7, 11) is 1.87. The van der Waals surface area contributed by atoms with E-state index in [2.05, 4.69) is 37.8 Å². The molecule has 1 aromatic carbocycles. The molecule has 4 aromatic rings. The van der Waals surface area contributed by atoms with Crippen molar-refractivity contribution in [2.75, 3.05) is 23.8 Å². The SMILES string of the molecule is Cc1ccnc(NC(=O)CN(C)c2nc(C)nc3scc(-c4ccccc4)c23)c1. The smallest absolute Gasteiger partial charge is 0.245 e. The van der Waals surface area contributed by atoms with E-state index in [4.69, 9.17) is 0 Å². The minimum atomic E-state index is -0.147. The van der Waals surface area contributed by atoms with Gasteiger partial charge < -0.3 is 10.2 Å². The fourth-order valence-electron chi connectivity index (χ4n) is 3.21. The van der Waals surface area contributed by atoms with Crippen molar-refractivity contribution in [3.8, 4) is 11.1 Å². The number of nitrogens with one attached hydrogen (secondary N) is 1.